The number of ether oxygens (including phenoxy) is 1. The Hall–Kier alpha value is -0.610. The Morgan fingerprint density at radius 1 is 0.913 bits per heavy atom. The van der Waals surface area contributed by atoms with Gasteiger partial charge in [0.2, 0.25) is 5.91 Å². The predicted molar refractivity (Wildman–Crippen MR) is 88.0 cm³/mol. The molecule has 23 heavy (non-hydrogen) atoms. The number of amides is 1. The zero-order chi connectivity index (χ0) is 15.4. The molecule has 0 N–H and O–H groups in total. The van der Waals surface area contributed by atoms with E-state index in [1.807, 2.05) is 0 Å². The fourth-order valence-corrected chi connectivity index (χ4v) is 6.84. The molecule has 1 amide bonds. The lowest BCUT2D eigenvalue weighted by molar-refractivity contribution is -0.142. The summed E-state index contributed by atoms with van der Waals surface area (Å²) in [7, 11) is 0. The SMILES string of the molecule is O=C(C1CCOC1)N1CCN(C23CC4CC(CC(C4)C2)C3)CC1. The Morgan fingerprint density at radius 3 is 2.04 bits per heavy atom. The first kappa shape index (κ1) is 14.7. The van der Waals surface area contributed by atoms with Crippen molar-refractivity contribution in [1.29, 1.82) is 0 Å². The molecule has 4 bridgehead atoms. The fraction of sp³-hybridized carbons (Fsp3) is 0.947. The minimum absolute atomic E-state index is 0.140. The molecule has 4 saturated carbocycles. The summed E-state index contributed by atoms with van der Waals surface area (Å²) in [5.74, 6) is 3.53. The van der Waals surface area contributed by atoms with Crippen LogP contribution in [0.15, 0.2) is 0 Å². The normalized spacial score (nSPS) is 46.5. The van der Waals surface area contributed by atoms with E-state index in [1.54, 1.807) is 0 Å². The maximum absolute atomic E-state index is 12.6. The molecule has 0 spiro atoms. The van der Waals surface area contributed by atoms with Crippen LogP contribution in [0.3, 0.4) is 0 Å². The zero-order valence-electron chi connectivity index (χ0n) is 14.2. The summed E-state index contributed by atoms with van der Waals surface area (Å²) in [5.41, 5.74) is 0.514. The van der Waals surface area contributed by atoms with Crippen LogP contribution in [0.1, 0.15) is 44.9 Å². The second-order valence-corrected chi connectivity index (χ2v) is 9.01. The van der Waals surface area contributed by atoms with Crippen LogP contribution >= 0.6 is 0 Å². The number of hydrogen-bond acceptors (Lipinski definition) is 3. The van der Waals surface area contributed by atoms with Crippen LogP contribution in [0.2, 0.25) is 0 Å². The zero-order valence-corrected chi connectivity index (χ0v) is 14.2. The lowest BCUT2D eigenvalue weighted by atomic mass is 9.52. The van der Waals surface area contributed by atoms with E-state index in [0.717, 1.165) is 57.0 Å². The molecular formula is C19H30N2O2. The van der Waals surface area contributed by atoms with Crippen molar-refractivity contribution in [3.63, 3.8) is 0 Å². The van der Waals surface area contributed by atoms with Gasteiger partial charge in [0.1, 0.15) is 0 Å². The van der Waals surface area contributed by atoms with Crippen LogP contribution in [0.25, 0.3) is 0 Å². The second-order valence-electron chi connectivity index (χ2n) is 9.01. The topological polar surface area (TPSA) is 32.8 Å². The molecule has 2 heterocycles. The van der Waals surface area contributed by atoms with Crippen LogP contribution < -0.4 is 0 Å². The van der Waals surface area contributed by atoms with Crippen LogP contribution in [-0.4, -0.2) is 60.6 Å². The molecule has 6 fully saturated rings. The van der Waals surface area contributed by atoms with Gasteiger partial charge in [-0.15, -0.1) is 0 Å². The van der Waals surface area contributed by atoms with Crippen molar-refractivity contribution in [2.24, 2.45) is 23.7 Å². The Balaban J connectivity index is 1.24. The molecule has 4 nitrogen and oxygen atoms in total. The van der Waals surface area contributed by atoms with Gasteiger partial charge >= 0.3 is 0 Å². The van der Waals surface area contributed by atoms with Gasteiger partial charge in [0.05, 0.1) is 12.5 Å². The van der Waals surface area contributed by atoms with E-state index in [1.165, 1.54) is 38.5 Å². The van der Waals surface area contributed by atoms with Gasteiger partial charge in [-0.3, -0.25) is 9.69 Å². The van der Waals surface area contributed by atoms with Crippen LogP contribution in [0.4, 0.5) is 0 Å². The molecule has 6 aliphatic rings. The van der Waals surface area contributed by atoms with E-state index >= 15 is 0 Å². The van der Waals surface area contributed by atoms with Gasteiger partial charge in [0.15, 0.2) is 0 Å². The smallest absolute Gasteiger partial charge is 0.228 e. The van der Waals surface area contributed by atoms with Gasteiger partial charge in [0, 0.05) is 38.3 Å². The third-order valence-corrected chi connectivity index (χ3v) is 7.55. The lowest BCUT2D eigenvalue weighted by Gasteiger charge is -2.61. The molecule has 2 saturated heterocycles. The minimum atomic E-state index is 0.140. The van der Waals surface area contributed by atoms with Crippen molar-refractivity contribution >= 4 is 5.91 Å². The average molecular weight is 318 g/mol. The highest BCUT2D eigenvalue weighted by molar-refractivity contribution is 5.79. The molecule has 0 aromatic heterocycles. The van der Waals surface area contributed by atoms with Crippen LogP contribution in [-0.2, 0) is 9.53 Å². The average Bonchev–Trinajstić information content (AvgIpc) is 3.07. The number of carbonyl (C=O) groups excluding carboxylic acids is 1. The van der Waals surface area contributed by atoms with E-state index in [0.29, 0.717) is 18.1 Å². The van der Waals surface area contributed by atoms with E-state index in [4.69, 9.17) is 4.74 Å². The molecule has 1 unspecified atom stereocenters. The Morgan fingerprint density at radius 2 is 1.52 bits per heavy atom. The van der Waals surface area contributed by atoms with Gasteiger partial charge in [-0.05, 0) is 62.7 Å². The standard InChI is InChI=1S/C19H30N2O2/c22-18(17-1-6-23-13-17)20-2-4-21(5-3-20)19-10-14-7-15(11-19)9-16(8-14)12-19/h14-17H,1-13H2. The molecule has 2 aliphatic heterocycles. The van der Waals surface area contributed by atoms with Gasteiger partial charge in [-0.25, -0.2) is 0 Å². The number of hydrogen-bond donors (Lipinski definition) is 0. The third kappa shape index (κ3) is 2.44. The Labute approximate surface area is 139 Å². The molecule has 128 valence electrons. The molecule has 6 rings (SSSR count). The molecule has 0 aromatic rings. The number of piperazine rings is 1. The highest BCUT2D eigenvalue weighted by atomic mass is 16.5. The Bertz CT molecular complexity index is 442. The molecule has 4 aliphatic carbocycles. The minimum Gasteiger partial charge on any atom is -0.381 e. The van der Waals surface area contributed by atoms with Crippen molar-refractivity contribution in [2.75, 3.05) is 39.4 Å². The number of rotatable bonds is 2. The molecule has 0 aromatic carbocycles. The van der Waals surface area contributed by atoms with Crippen molar-refractivity contribution < 1.29 is 9.53 Å². The summed E-state index contributed by atoms with van der Waals surface area (Å²) in [4.78, 5) is 17.5. The predicted octanol–water partition coefficient (Wildman–Crippen LogP) is 2.14. The summed E-state index contributed by atoms with van der Waals surface area (Å²) in [6.45, 7) is 5.50. The highest BCUT2D eigenvalue weighted by Gasteiger charge is 2.53. The first-order valence-corrected chi connectivity index (χ1v) is 9.83. The lowest BCUT2D eigenvalue weighted by Crippen LogP contribution is -2.64. The van der Waals surface area contributed by atoms with Crippen molar-refractivity contribution in [3.05, 3.63) is 0 Å². The molecule has 1 atom stereocenters. The summed E-state index contributed by atoms with van der Waals surface area (Å²) in [6, 6.07) is 0. The maximum atomic E-state index is 12.6. The van der Waals surface area contributed by atoms with E-state index in [9.17, 15) is 4.79 Å². The van der Waals surface area contributed by atoms with Crippen molar-refractivity contribution in [1.82, 2.24) is 9.80 Å². The van der Waals surface area contributed by atoms with Gasteiger partial charge in [-0.2, -0.15) is 0 Å². The second kappa shape index (κ2) is 5.45. The molecule has 4 heteroatoms. The van der Waals surface area contributed by atoms with Gasteiger partial charge in [-0.1, -0.05) is 0 Å². The maximum Gasteiger partial charge on any atom is 0.228 e. The van der Waals surface area contributed by atoms with E-state index in [2.05, 4.69) is 9.80 Å². The van der Waals surface area contributed by atoms with E-state index < -0.39 is 0 Å². The monoisotopic (exact) mass is 318 g/mol. The Kier molecular flexibility index (Phi) is 3.49. The third-order valence-electron chi connectivity index (χ3n) is 7.55. The van der Waals surface area contributed by atoms with E-state index in [-0.39, 0.29) is 5.92 Å². The van der Waals surface area contributed by atoms with Gasteiger partial charge in [0.25, 0.3) is 0 Å². The molecular weight excluding hydrogens is 288 g/mol. The number of carbonyl (C=O) groups is 1. The fourth-order valence-electron chi connectivity index (χ4n) is 6.84. The largest absolute Gasteiger partial charge is 0.381 e. The summed E-state index contributed by atoms with van der Waals surface area (Å²) < 4.78 is 5.40. The van der Waals surface area contributed by atoms with Crippen molar-refractivity contribution in [2.45, 2.75) is 50.5 Å². The molecule has 0 radical (unpaired) electrons. The summed E-state index contributed by atoms with van der Waals surface area (Å²) in [6.07, 6.45) is 9.81. The number of nitrogens with zero attached hydrogens (tertiary/aromatic N) is 2. The highest BCUT2D eigenvalue weighted by Crippen LogP contribution is 2.57. The van der Waals surface area contributed by atoms with Gasteiger partial charge < -0.3 is 9.64 Å². The van der Waals surface area contributed by atoms with Crippen LogP contribution in [0.5, 0.6) is 0 Å². The van der Waals surface area contributed by atoms with Crippen LogP contribution in [0, 0.1) is 23.7 Å². The van der Waals surface area contributed by atoms with Crippen molar-refractivity contribution in [3.8, 4) is 0 Å². The first-order valence-electron chi connectivity index (χ1n) is 9.83. The first-order chi connectivity index (χ1) is 11.2. The quantitative estimate of drug-likeness (QED) is 0.782. The summed E-state index contributed by atoms with van der Waals surface area (Å²) in [5, 5.41) is 0. The summed E-state index contributed by atoms with van der Waals surface area (Å²) >= 11 is 0.